The molecule has 9 aromatic rings. The molecule has 0 radical (unpaired) electrons. The summed E-state index contributed by atoms with van der Waals surface area (Å²) in [4.78, 5) is 35.6. The topological polar surface area (TPSA) is 106 Å². The third-order valence-corrected chi connectivity index (χ3v) is 8.89. The average Bonchev–Trinajstić information content (AvgIpc) is 3.84. The fraction of sp³-hybridized carbons (Fsp3) is 0.0976. The second kappa shape index (κ2) is 16.0. The van der Waals surface area contributed by atoms with Gasteiger partial charge in [0.2, 0.25) is 0 Å². The van der Waals surface area contributed by atoms with Crippen LogP contribution in [0.2, 0.25) is 0 Å². The minimum atomic E-state index is 0. The normalized spacial score (nSPS) is 10.6. The van der Waals surface area contributed by atoms with Crippen molar-refractivity contribution in [3.05, 3.63) is 150 Å². The first-order valence-corrected chi connectivity index (χ1v) is 17.1. The third kappa shape index (κ3) is 8.10. The van der Waals surface area contributed by atoms with E-state index in [2.05, 4.69) is 86.2 Å². The largest absolute Gasteiger partial charge is 4.00 e. The summed E-state index contributed by atoms with van der Waals surface area (Å²) in [6.45, 7) is 8.23. The Bertz CT molecular complexity index is 2320. The first-order chi connectivity index (χ1) is 24.4. The molecule has 0 aliphatic heterocycles. The van der Waals surface area contributed by atoms with Crippen molar-refractivity contribution in [2.75, 3.05) is 0 Å². The van der Waals surface area contributed by atoms with Crippen LogP contribution in [0.15, 0.2) is 127 Å². The second-order valence-electron chi connectivity index (χ2n) is 12.0. The van der Waals surface area contributed by atoms with E-state index in [0.29, 0.717) is 0 Å². The quantitative estimate of drug-likeness (QED) is 0.176. The van der Waals surface area contributed by atoms with Gasteiger partial charge in [0.05, 0.1) is 49.7 Å². The fourth-order valence-electron chi connectivity index (χ4n) is 5.58. The molecule has 10 heteroatoms. The number of benzene rings is 1. The van der Waals surface area contributed by atoms with Crippen molar-refractivity contribution in [1.29, 1.82) is 0 Å². The van der Waals surface area contributed by atoms with Crippen LogP contribution in [0, 0.1) is 27.7 Å². The maximum Gasteiger partial charge on any atom is 4.00 e. The van der Waals surface area contributed by atoms with Crippen LogP contribution in [0.4, 0.5) is 0 Å². The van der Waals surface area contributed by atoms with Crippen molar-refractivity contribution >= 4 is 44.2 Å². The molecule has 8 aromatic heterocycles. The number of hydrogen-bond acceptors (Lipinski definition) is 8. The second-order valence-corrected chi connectivity index (χ2v) is 12.9. The van der Waals surface area contributed by atoms with Crippen molar-refractivity contribution in [3.8, 4) is 33.5 Å². The van der Waals surface area contributed by atoms with Crippen LogP contribution >= 0.6 is 11.3 Å². The Morgan fingerprint density at radius 2 is 0.922 bits per heavy atom. The molecule has 1 N–H and O–H groups in total. The Labute approximate surface area is 313 Å². The minimum Gasteiger partial charge on any atom is -0.337 e. The van der Waals surface area contributed by atoms with Gasteiger partial charge >= 0.3 is 19.8 Å². The molecule has 0 unspecified atom stereocenters. The molecule has 0 bridgehead atoms. The fourth-order valence-corrected chi connectivity index (χ4v) is 6.25. The van der Waals surface area contributed by atoms with Crippen LogP contribution in [0.3, 0.4) is 0 Å². The Kier molecular flexibility index (Phi) is 11.1. The molecule has 0 saturated heterocycles. The van der Waals surface area contributed by atoms with Crippen molar-refractivity contribution in [2.24, 2.45) is 0 Å². The number of nitrogens with one attached hydrogen (secondary N) is 1. The van der Waals surface area contributed by atoms with E-state index in [9.17, 15) is 0 Å². The maximum absolute atomic E-state index is 4.82. The molecule has 0 aliphatic rings. The summed E-state index contributed by atoms with van der Waals surface area (Å²) in [7, 11) is 0. The van der Waals surface area contributed by atoms with Gasteiger partial charge < -0.3 is 4.98 Å². The monoisotopic (exact) mass is 862 g/mol. The van der Waals surface area contributed by atoms with Gasteiger partial charge in [-0.2, -0.15) is 0 Å². The number of hydrogen-bond donors (Lipinski definition) is 1. The Morgan fingerprint density at radius 1 is 0.471 bits per heavy atom. The van der Waals surface area contributed by atoms with Gasteiger partial charge in [-0.25, -0.2) is 4.98 Å². The molecule has 8 nitrogen and oxygen atoms in total. The molecule has 0 atom stereocenters. The standard InChI is InChI=1S/C17H10N4S.2C12H12N2.Os/c1-4-10-13(18-7-1)14-11(5-2-8-19-14)16-15(10)20-17(21-16)12-6-3-9-22-12;2*1-9-3-5-13-11(7-9)12-8-10(2)4-6-14-12;/h1-9H,(H,20,21);2*3-8H,1-2H3;/q;;;+4. The number of imidazole rings is 1. The molecule has 9 rings (SSSR count). The zero-order chi connectivity index (χ0) is 34.5. The molecule has 0 spiro atoms. The Balaban J connectivity index is 0.000000137. The van der Waals surface area contributed by atoms with Gasteiger partial charge in [0.1, 0.15) is 5.82 Å². The van der Waals surface area contributed by atoms with E-state index in [4.69, 9.17) is 4.98 Å². The number of thiophene rings is 1. The summed E-state index contributed by atoms with van der Waals surface area (Å²) in [5, 5.41) is 4.14. The molecule has 248 valence electrons. The van der Waals surface area contributed by atoms with Crippen molar-refractivity contribution in [1.82, 2.24) is 39.9 Å². The summed E-state index contributed by atoms with van der Waals surface area (Å²) in [5.41, 5.74) is 12.4. The van der Waals surface area contributed by atoms with E-state index in [1.807, 2.05) is 91.5 Å². The SMILES string of the molecule is Cc1ccnc(-c2cc(C)ccn2)c1.Cc1ccnc(-c2cc(C)ccn2)c1.[Os+4].c1csc(-c2nc3c4cccnc4c4ncccc4c3[nH]2)c1. The van der Waals surface area contributed by atoms with E-state index in [-0.39, 0.29) is 19.8 Å². The summed E-state index contributed by atoms with van der Waals surface area (Å²) in [6, 6.07) is 28.2. The van der Waals surface area contributed by atoms with Crippen LogP contribution in [0.5, 0.6) is 0 Å². The maximum atomic E-state index is 4.82. The van der Waals surface area contributed by atoms with Gasteiger partial charge in [-0.15, -0.1) is 11.3 Å². The molecule has 51 heavy (non-hydrogen) atoms. The van der Waals surface area contributed by atoms with E-state index >= 15 is 0 Å². The number of H-pyrrole nitrogens is 1. The van der Waals surface area contributed by atoms with Crippen LogP contribution in [-0.2, 0) is 19.8 Å². The zero-order valence-electron chi connectivity index (χ0n) is 28.5. The van der Waals surface area contributed by atoms with Crippen molar-refractivity contribution < 1.29 is 19.8 Å². The van der Waals surface area contributed by atoms with Gasteiger partial charge in [-0.1, -0.05) is 6.07 Å². The number of pyridine rings is 6. The first-order valence-electron chi connectivity index (χ1n) is 16.2. The summed E-state index contributed by atoms with van der Waals surface area (Å²) in [6.07, 6.45) is 10.9. The van der Waals surface area contributed by atoms with Gasteiger partial charge in [0.15, 0.2) is 0 Å². The molecule has 1 aromatic carbocycles. The Morgan fingerprint density at radius 3 is 1.35 bits per heavy atom. The van der Waals surface area contributed by atoms with Gasteiger partial charge in [0.25, 0.3) is 0 Å². The number of nitrogens with zero attached hydrogens (tertiary/aromatic N) is 7. The average molecular weight is 861 g/mol. The van der Waals surface area contributed by atoms with Crippen LogP contribution in [0.1, 0.15) is 22.3 Å². The summed E-state index contributed by atoms with van der Waals surface area (Å²) < 4.78 is 0. The van der Waals surface area contributed by atoms with E-state index in [1.165, 1.54) is 22.3 Å². The molecule has 0 fully saturated rings. The van der Waals surface area contributed by atoms with Crippen molar-refractivity contribution in [3.63, 3.8) is 0 Å². The van der Waals surface area contributed by atoms with Gasteiger partial charge in [-0.05, 0) is 134 Å². The molecular formula is C41H34N8OsS+4. The number of aryl methyl sites for hydroxylation is 4. The third-order valence-electron chi connectivity index (χ3n) is 8.01. The minimum absolute atomic E-state index is 0. The van der Waals surface area contributed by atoms with E-state index in [1.54, 1.807) is 23.7 Å². The zero-order valence-corrected chi connectivity index (χ0v) is 31.9. The Hall–Kier alpha value is -5.55. The van der Waals surface area contributed by atoms with Crippen molar-refractivity contribution in [2.45, 2.75) is 27.7 Å². The smallest absolute Gasteiger partial charge is 0.337 e. The predicted octanol–water partition coefficient (Wildman–Crippen LogP) is 9.91. The van der Waals surface area contributed by atoms with Crippen LogP contribution in [0.25, 0.3) is 66.3 Å². The summed E-state index contributed by atoms with van der Waals surface area (Å²) >= 11 is 1.68. The first kappa shape index (κ1) is 35.3. The van der Waals surface area contributed by atoms with Gasteiger partial charge in [-0.3, -0.25) is 29.9 Å². The summed E-state index contributed by atoms with van der Waals surface area (Å²) in [5.74, 6) is 0.895. The number of rotatable bonds is 3. The van der Waals surface area contributed by atoms with Crippen LogP contribution in [-0.4, -0.2) is 39.9 Å². The van der Waals surface area contributed by atoms with Gasteiger partial charge in [0, 0.05) is 48.0 Å². The molecule has 8 heterocycles. The molecular weight excluding hydrogens is 827 g/mol. The molecule has 0 saturated carbocycles. The number of fused-ring (bicyclic) bond motifs is 6. The van der Waals surface area contributed by atoms with E-state index in [0.717, 1.165) is 66.3 Å². The number of aromatic nitrogens is 8. The predicted molar refractivity (Wildman–Crippen MR) is 204 cm³/mol. The number of aromatic amines is 1. The van der Waals surface area contributed by atoms with E-state index < -0.39 is 0 Å². The molecule has 0 aliphatic carbocycles. The molecule has 0 amide bonds. The van der Waals surface area contributed by atoms with Crippen LogP contribution < -0.4 is 0 Å².